The van der Waals surface area contributed by atoms with Gasteiger partial charge in [0.05, 0.1) is 11.1 Å². The highest BCUT2D eigenvalue weighted by Gasteiger charge is 2.18. The molecule has 2 aromatic heterocycles. The van der Waals surface area contributed by atoms with E-state index >= 15 is 0 Å². The molecule has 0 fully saturated rings. The van der Waals surface area contributed by atoms with E-state index in [1.807, 2.05) is 24.3 Å². The molecule has 0 saturated heterocycles. The predicted molar refractivity (Wildman–Crippen MR) is 122 cm³/mol. The van der Waals surface area contributed by atoms with Crippen LogP contribution in [0.4, 0.5) is 0 Å². The number of nitrogens with zero attached hydrogens (tertiary/aromatic N) is 2. The van der Waals surface area contributed by atoms with Crippen molar-refractivity contribution in [2.45, 2.75) is 64.2 Å². The van der Waals surface area contributed by atoms with Gasteiger partial charge < -0.3 is 0 Å². The number of benzene rings is 1. The van der Waals surface area contributed by atoms with Gasteiger partial charge >= 0.3 is 0 Å². The van der Waals surface area contributed by atoms with E-state index in [1.54, 1.807) is 22.2 Å². The van der Waals surface area contributed by atoms with E-state index in [2.05, 4.69) is 27.6 Å². The summed E-state index contributed by atoms with van der Waals surface area (Å²) >= 11 is 4.03. The van der Waals surface area contributed by atoms with Crippen LogP contribution in [0.3, 0.4) is 0 Å². The molecule has 0 amide bonds. The van der Waals surface area contributed by atoms with Gasteiger partial charge in [-0.25, -0.2) is 4.98 Å². The molecule has 1 aliphatic rings. The Morgan fingerprint density at radius 1 is 0.889 bits per heavy atom. The first-order valence-electron chi connectivity index (χ1n) is 10.0. The number of halogens is 1. The van der Waals surface area contributed by atoms with E-state index in [9.17, 15) is 4.79 Å². The lowest BCUT2D eigenvalue weighted by Crippen LogP contribution is -2.19. The molecule has 1 aliphatic carbocycles. The van der Waals surface area contributed by atoms with Crippen molar-refractivity contribution in [1.82, 2.24) is 9.55 Å². The normalized spacial score (nSPS) is 16.5. The van der Waals surface area contributed by atoms with Gasteiger partial charge in [-0.2, -0.15) is 0 Å². The van der Waals surface area contributed by atoms with E-state index in [1.165, 1.54) is 65.4 Å². The third-order valence-corrected chi connectivity index (χ3v) is 7.40. The highest BCUT2D eigenvalue weighted by molar-refractivity contribution is 14.1. The molecule has 0 unspecified atom stereocenters. The Hall–Kier alpha value is -1.21. The summed E-state index contributed by atoms with van der Waals surface area (Å²) in [7, 11) is 0. The van der Waals surface area contributed by atoms with Crippen molar-refractivity contribution in [3.8, 4) is 5.69 Å². The molecule has 0 radical (unpaired) electrons. The summed E-state index contributed by atoms with van der Waals surface area (Å²) in [4.78, 5) is 20.3. The number of aryl methyl sites for hydroxylation is 2. The van der Waals surface area contributed by atoms with Crippen molar-refractivity contribution in [2.24, 2.45) is 0 Å². The fourth-order valence-electron chi connectivity index (χ4n) is 3.99. The van der Waals surface area contributed by atoms with Crippen LogP contribution in [-0.4, -0.2) is 9.55 Å². The zero-order valence-corrected chi connectivity index (χ0v) is 18.5. The second-order valence-electron chi connectivity index (χ2n) is 7.41. The quantitative estimate of drug-likeness (QED) is 0.376. The molecule has 5 heteroatoms. The van der Waals surface area contributed by atoms with Crippen LogP contribution in [0.15, 0.2) is 35.4 Å². The third kappa shape index (κ3) is 4.29. The summed E-state index contributed by atoms with van der Waals surface area (Å²) in [5.41, 5.74) is 2.27. The van der Waals surface area contributed by atoms with Crippen LogP contribution in [0.1, 0.15) is 61.8 Å². The average molecular weight is 492 g/mol. The van der Waals surface area contributed by atoms with E-state index in [0.717, 1.165) is 28.7 Å². The largest absolute Gasteiger partial charge is 0.268 e. The van der Waals surface area contributed by atoms with Gasteiger partial charge in [-0.3, -0.25) is 9.36 Å². The molecule has 0 saturated carbocycles. The first kappa shape index (κ1) is 19.1. The Morgan fingerprint density at radius 3 is 2.22 bits per heavy atom. The first-order valence-corrected chi connectivity index (χ1v) is 11.9. The number of aromatic nitrogens is 2. The molecule has 0 N–H and O–H groups in total. The Morgan fingerprint density at radius 2 is 1.52 bits per heavy atom. The summed E-state index contributed by atoms with van der Waals surface area (Å²) in [5, 5.41) is 0.869. The molecule has 27 heavy (non-hydrogen) atoms. The van der Waals surface area contributed by atoms with Crippen molar-refractivity contribution in [2.75, 3.05) is 0 Å². The minimum atomic E-state index is 0.0887. The van der Waals surface area contributed by atoms with Gasteiger partial charge in [0.15, 0.2) is 0 Å². The SMILES string of the molecule is O=c1c2c3c(sc2ncn1-c1ccc(I)cc1)CCCCCCCCCC3. The maximum atomic E-state index is 13.3. The standard InChI is InChI=1S/C22H25IN2OS/c23-16-11-13-17(14-12-16)25-15-24-21-20(22(25)26)18-9-7-5-3-1-2-4-6-8-10-19(18)27-21/h11-15H,1-10H2. The van der Waals surface area contributed by atoms with Crippen LogP contribution in [0.2, 0.25) is 0 Å². The van der Waals surface area contributed by atoms with E-state index in [-0.39, 0.29) is 5.56 Å². The van der Waals surface area contributed by atoms with Crippen molar-refractivity contribution >= 4 is 44.1 Å². The summed E-state index contributed by atoms with van der Waals surface area (Å²) < 4.78 is 2.88. The molecule has 4 rings (SSSR count). The van der Waals surface area contributed by atoms with Gasteiger partial charge in [0.1, 0.15) is 11.2 Å². The topological polar surface area (TPSA) is 34.9 Å². The maximum absolute atomic E-state index is 13.3. The van der Waals surface area contributed by atoms with Gasteiger partial charge in [0, 0.05) is 8.45 Å². The molecule has 3 aromatic rings. The Labute approximate surface area is 178 Å². The number of hydrogen-bond acceptors (Lipinski definition) is 3. The number of fused-ring (bicyclic) bond motifs is 3. The fourth-order valence-corrected chi connectivity index (χ4v) is 5.57. The second kappa shape index (κ2) is 8.86. The van der Waals surface area contributed by atoms with Crippen LogP contribution >= 0.6 is 33.9 Å². The maximum Gasteiger partial charge on any atom is 0.266 e. The van der Waals surface area contributed by atoms with Crippen LogP contribution in [-0.2, 0) is 12.8 Å². The Bertz CT molecular complexity index is 974. The molecule has 1 aromatic carbocycles. The molecular weight excluding hydrogens is 467 g/mol. The Kier molecular flexibility index (Phi) is 6.28. The lowest BCUT2D eigenvalue weighted by molar-refractivity contribution is 0.562. The van der Waals surface area contributed by atoms with E-state index in [4.69, 9.17) is 0 Å². The number of thiophene rings is 1. The van der Waals surface area contributed by atoms with Crippen LogP contribution < -0.4 is 5.56 Å². The number of rotatable bonds is 1. The monoisotopic (exact) mass is 492 g/mol. The number of hydrogen-bond donors (Lipinski definition) is 0. The molecule has 142 valence electrons. The lowest BCUT2D eigenvalue weighted by Gasteiger charge is -2.09. The summed E-state index contributed by atoms with van der Waals surface area (Å²) in [6, 6.07) is 8.06. The van der Waals surface area contributed by atoms with E-state index in [0.29, 0.717) is 0 Å². The smallest absolute Gasteiger partial charge is 0.266 e. The summed E-state index contributed by atoms with van der Waals surface area (Å²) in [6.45, 7) is 0. The van der Waals surface area contributed by atoms with Gasteiger partial charge in [0.25, 0.3) is 5.56 Å². The minimum Gasteiger partial charge on any atom is -0.268 e. The first-order chi connectivity index (χ1) is 13.2. The molecule has 2 heterocycles. The third-order valence-electron chi connectivity index (χ3n) is 5.48. The van der Waals surface area contributed by atoms with Crippen molar-refractivity contribution in [3.05, 3.63) is 55.0 Å². The molecule has 0 bridgehead atoms. The van der Waals surface area contributed by atoms with Crippen molar-refractivity contribution in [1.29, 1.82) is 0 Å². The molecule has 0 spiro atoms. The minimum absolute atomic E-state index is 0.0887. The predicted octanol–water partition coefficient (Wildman–Crippen LogP) is 6.27. The summed E-state index contributed by atoms with van der Waals surface area (Å²) in [5.74, 6) is 0. The van der Waals surface area contributed by atoms with Gasteiger partial charge in [-0.05, 0) is 78.1 Å². The van der Waals surface area contributed by atoms with Gasteiger partial charge in [-0.15, -0.1) is 11.3 Å². The van der Waals surface area contributed by atoms with Crippen molar-refractivity contribution in [3.63, 3.8) is 0 Å². The molecule has 3 nitrogen and oxygen atoms in total. The van der Waals surface area contributed by atoms with Gasteiger partial charge in [-0.1, -0.05) is 38.5 Å². The highest BCUT2D eigenvalue weighted by atomic mass is 127. The van der Waals surface area contributed by atoms with Crippen LogP contribution in [0.5, 0.6) is 0 Å². The highest BCUT2D eigenvalue weighted by Crippen LogP contribution is 2.31. The second-order valence-corrected chi connectivity index (χ2v) is 9.74. The molecular formula is C22H25IN2OS. The van der Waals surface area contributed by atoms with Crippen molar-refractivity contribution < 1.29 is 0 Å². The molecule has 0 atom stereocenters. The van der Waals surface area contributed by atoms with Gasteiger partial charge in [0.2, 0.25) is 0 Å². The van der Waals surface area contributed by atoms with Crippen LogP contribution in [0.25, 0.3) is 15.9 Å². The zero-order chi connectivity index (χ0) is 18.6. The molecule has 0 aliphatic heterocycles. The van der Waals surface area contributed by atoms with Crippen LogP contribution in [0, 0.1) is 3.57 Å². The summed E-state index contributed by atoms with van der Waals surface area (Å²) in [6.07, 6.45) is 14.2. The average Bonchev–Trinajstić information content (AvgIpc) is 3.01. The lowest BCUT2D eigenvalue weighted by atomic mass is 9.99. The Balaban J connectivity index is 1.78. The van der Waals surface area contributed by atoms with E-state index < -0.39 is 0 Å². The zero-order valence-electron chi connectivity index (χ0n) is 15.5. The fraction of sp³-hybridized carbons (Fsp3) is 0.455.